The Labute approximate surface area is 113 Å². The summed E-state index contributed by atoms with van der Waals surface area (Å²) >= 11 is 0. The van der Waals surface area contributed by atoms with Gasteiger partial charge in [-0.05, 0) is 13.0 Å². The molecule has 0 aliphatic rings. The summed E-state index contributed by atoms with van der Waals surface area (Å²) < 4.78 is 3.66. The summed E-state index contributed by atoms with van der Waals surface area (Å²) in [6.07, 6.45) is 4.86. The van der Waals surface area contributed by atoms with E-state index in [1.807, 2.05) is 28.8 Å². The van der Waals surface area contributed by atoms with Gasteiger partial charge in [0.1, 0.15) is 5.69 Å². The molecule has 0 aliphatic heterocycles. The lowest BCUT2D eigenvalue weighted by Crippen LogP contribution is -2.13. The van der Waals surface area contributed by atoms with Gasteiger partial charge >= 0.3 is 0 Å². The Bertz CT molecular complexity index is 546. The molecule has 19 heavy (non-hydrogen) atoms. The van der Waals surface area contributed by atoms with Crippen LogP contribution in [0.25, 0.3) is 11.3 Å². The fourth-order valence-corrected chi connectivity index (χ4v) is 2.01. The second-order valence-corrected chi connectivity index (χ2v) is 5.82. The van der Waals surface area contributed by atoms with E-state index in [0.717, 1.165) is 29.9 Å². The van der Waals surface area contributed by atoms with Crippen molar-refractivity contribution in [3.05, 3.63) is 18.1 Å². The zero-order valence-electron chi connectivity index (χ0n) is 12.1. The topological polar surface area (TPSA) is 74.5 Å². The molecule has 0 saturated heterocycles. The van der Waals surface area contributed by atoms with E-state index in [-0.39, 0.29) is 5.41 Å². The van der Waals surface area contributed by atoms with Crippen LogP contribution in [0, 0.1) is 0 Å². The standard InChI is InChI=1S/C13H22N6/c1-13(2,3)12-10(8-18(4)16-12)11-9-19(17-15-11)7-5-6-14/h8-9H,5-7,14H2,1-4H3. The highest BCUT2D eigenvalue weighted by atomic mass is 15.4. The summed E-state index contributed by atoms with van der Waals surface area (Å²) in [5.41, 5.74) is 8.45. The zero-order chi connectivity index (χ0) is 14.0. The van der Waals surface area contributed by atoms with E-state index < -0.39 is 0 Å². The first-order chi connectivity index (χ1) is 8.91. The molecule has 0 unspecified atom stereocenters. The molecule has 2 N–H and O–H groups in total. The van der Waals surface area contributed by atoms with Crippen molar-refractivity contribution in [1.29, 1.82) is 0 Å². The summed E-state index contributed by atoms with van der Waals surface area (Å²) in [6.45, 7) is 7.91. The van der Waals surface area contributed by atoms with Crippen molar-refractivity contribution in [3.63, 3.8) is 0 Å². The molecule has 2 rings (SSSR count). The molecular formula is C13H22N6. The lowest BCUT2D eigenvalue weighted by Gasteiger charge is -2.16. The van der Waals surface area contributed by atoms with Gasteiger partial charge in [0, 0.05) is 30.8 Å². The quantitative estimate of drug-likeness (QED) is 0.902. The molecule has 0 radical (unpaired) electrons. The number of hydrogen-bond acceptors (Lipinski definition) is 4. The smallest absolute Gasteiger partial charge is 0.116 e. The lowest BCUT2D eigenvalue weighted by atomic mass is 9.89. The molecule has 0 saturated carbocycles. The SMILES string of the molecule is Cn1cc(-c2cn(CCCN)nn2)c(C(C)(C)C)n1. The van der Waals surface area contributed by atoms with E-state index >= 15 is 0 Å². The number of nitrogens with two attached hydrogens (primary N) is 1. The van der Waals surface area contributed by atoms with Crippen LogP contribution < -0.4 is 5.73 Å². The first-order valence-electron chi connectivity index (χ1n) is 6.56. The Morgan fingerprint density at radius 3 is 2.63 bits per heavy atom. The molecule has 0 fully saturated rings. The molecule has 6 nitrogen and oxygen atoms in total. The van der Waals surface area contributed by atoms with Crippen LogP contribution in [-0.2, 0) is 19.0 Å². The first kappa shape index (κ1) is 13.7. The average molecular weight is 262 g/mol. The summed E-state index contributed by atoms with van der Waals surface area (Å²) in [7, 11) is 1.93. The van der Waals surface area contributed by atoms with E-state index in [9.17, 15) is 0 Å². The van der Waals surface area contributed by atoms with Gasteiger partial charge < -0.3 is 5.73 Å². The molecule has 0 amide bonds. The zero-order valence-corrected chi connectivity index (χ0v) is 12.1. The van der Waals surface area contributed by atoms with E-state index in [2.05, 4.69) is 36.2 Å². The number of aryl methyl sites for hydroxylation is 2. The molecule has 0 spiro atoms. The van der Waals surface area contributed by atoms with Gasteiger partial charge in [-0.3, -0.25) is 9.36 Å². The number of hydrogen-bond donors (Lipinski definition) is 1. The van der Waals surface area contributed by atoms with Gasteiger partial charge in [0.05, 0.1) is 11.9 Å². The maximum Gasteiger partial charge on any atom is 0.116 e. The van der Waals surface area contributed by atoms with Gasteiger partial charge in [0.25, 0.3) is 0 Å². The molecule has 0 bridgehead atoms. The van der Waals surface area contributed by atoms with Gasteiger partial charge in [-0.1, -0.05) is 26.0 Å². The van der Waals surface area contributed by atoms with Crippen molar-refractivity contribution in [2.24, 2.45) is 12.8 Å². The highest BCUT2D eigenvalue weighted by molar-refractivity contribution is 5.61. The van der Waals surface area contributed by atoms with Crippen LogP contribution in [0.5, 0.6) is 0 Å². The molecule has 104 valence electrons. The minimum Gasteiger partial charge on any atom is -0.330 e. The lowest BCUT2D eigenvalue weighted by molar-refractivity contribution is 0.554. The monoisotopic (exact) mass is 262 g/mol. The van der Waals surface area contributed by atoms with Gasteiger partial charge in [-0.25, -0.2) is 0 Å². The van der Waals surface area contributed by atoms with Gasteiger partial charge in [0.15, 0.2) is 0 Å². The average Bonchev–Trinajstić information content (AvgIpc) is 2.91. The van der Waals surface area contributed by atoms with Crippen LogP contribution in [0.15, 0.2) is 12.4 Å². The van der Waals surface area contributed by atoms with Gasteiger partial charge in [-0.2, -0.15) is 5.10 Å². The molecule has 0 aromatic carbocycles. The molecular weight excluding hydrogens is 240 g/mol. The minimum atomic E-state index is -0.0162. The predicted molar refractivity (Wildman–Crippen MR) is 74.6 cm³/mol. The Hall–Kier alpha value is -1.69. The number of nitrogens with zero attached hydrogens (tertiary/aromatic N) is 5. The van der Waals surface area contributed by atoms with Crippen LogP contribution in [0.1, 0.15) is 32.9 Å². The highest BCUT2D eigenvalue weighted by Crippen LogP contribution is 2.30. The fraction of sp³-hybridized carbons (Fsp3) is 0.615. The van der Waals surface area contributed by atoms with Crippen LogP contribution in [0.4, 0.5) is 0 Å². The fourth-order valence-electron chi connectivity index (χ4n) is 2.01. The van der Waals surface area contributed by atoms with E-state index in [4.69, 9.17) is 5.73 Å². The second-order valence-electron chi connectivity index (χ2n) is 5.82. The maximum absolute atomic E-state index is 5.50. The van der Waals surface area contributed by atoms with Crippen LogP contribution >= 0.6 is 0 Å². The maximum atomic E-state index is 5.50. The Morgan fingerprint density at radius 2 is 2.00 bits per heavy atom. The summed E-state index contributed by atoms with van der Waals surface area (Å²) in [5, 5.41) is 12.9. The third-order valence-corrected chi connectivity index (χ3v) is 2.95. The molecule has 6 heteroatoms. The Balaban J connectivity index is 2.34. The largest absolute Gasteiger partial charge is 0.330 e. The highest BCUT2D eigenvalue weighted by Gasteiger charge is 2.24. The number of aromatic nitrogens is 5. The van der Waals surface area contributed by atoms with Crippen LogP contribution in [0.3, 0.4) is 0 Å². The predicted octanol–water partition coefficient (Wildman–Crippen LogP) is 1.32. The van der Waals surface area contributed by atoms with Crippen LogP contribution in [0.2, 0.25) is 0 Å². The van der Waals surface area contributed by atoms with E-state index in [0.29, 0.717) is 6.54 Å². The molecule has 2 aromatic rings. The van der Waals surface area contributed by atoms with Crippen molar-refractivity contribution < 1.29 is 0 Å². The molecule has 0 aliphatic carbocycles. The van der Waals surface area contributed by atoms with Gasteiger partial charge in [0.2, 0.25) is 0 Å². The third-order valence-electron chi connectivity index (χ3n) is 2.95. The summed E-state index contributed by atoms with van der Waals surface area (Å²) in [4.78, 5) is 0. The third kappa shape index (κ3) is 3.01. The molecule has 2 aromatic heterocycles. The summed E-state index contributed by atoms with van der Waals surface area (Å²) in [6, 6.07) is 0. The van der Waals surface area contributed by atoms with Gasteiger partial charge in [-0.15, -0.1) is 5.10 Å². The Kier molecular flexibility index (Phi) is 3.71. The summed E-state index contributed by atoms with van der Waals surface area (Å²) in [5.74, 6) is 0. The van der Waals surface area contributed by atoms with Crippen molar-refractivity contribution in [2.75, 3.05) is 6.54 Å². The first-order valence-corrected chi connectivity index (χ1v) is 6.56. The normalized spacial score (nSPS) is 12.1. The number of rotatable bonds is 4. The van der Waals surface area contributed by atoms with Crippen molar-refractivity contribution in [1.82, 2.24) is 24.8 Å². The van der Waals surface area contributed by atoms with Crippen LogP contribution in [-0.4, -0.2) is 31.3 Å². The van der Waals surface area contributed by atoms with E-state index in [1.165, 1.54) is 0 Å². The van der Waals surface area contributed by atoms with Crippen molar-refractivity contribution in [3.8, 4) is 11.3 Å². The van der Waals surface area contributed by atoms with Crippen molar-refractivity contribution in [2.45, 2.75) is 39.2 Å². The van der Waals surface area contributed by atoms with E-state index in [1.54, 1.807) is 0 Å². The minimum absolute atomic E-state index is 0.0162. The second kappa shape index (κ2) is 5.13. The Morgan fingerprint density at radius 1 is 1.26 bits per heavy atom. The van der Waals surface area contributed by atoms with Crippen molar-refractivity contribution >= 4 is 0 Å². The molecule has 0 atom stereocenters. The molecule has 2 heterocycles.